The Balaban J connectivity index is 1.79. The Kier molecular flexibility index (Phi) is 11.8. The first-order chi connectivity index (χ1) is 21.4. The van der Waals surface area contributed by atoms with Gasteiger partial charge in [-0.3, -0.25) is 13.9 Å². The van der Waals surface area contributed by atoms with Crippen LogP contribution in [0.4, 0.5) is 5.69 Å². The molecule has 0 aromatic heterocycles. The Morgan fingerprint density at radius 3 is 2.16 bits per heavy atom. The molecule has 4 aromatic carbocycles. The summed E-state index contributed by atoms with van der Waals surface area (Å²) in [6.45, 7) is 5.87. The van der Waals surface area contributed by atoms with Gasteiger partial charge < -0.3 is 10.2 Å². The van der Waals surface area contributed by atoms with Crippen LogP contribution in [0.3, 0.4) is 0 Å². The quantitative estimate of drug-likeness (QED) is 0.162. The number of hydrogen-bond acceptors (Lipinski definition) is 4. The number of benzene rings is 4. The summed E-state index contributed by atoms with van der Waals surface area (Å²) in [5.74, 6) is -0.624. The predicted octanol–water partition coefficient (Wildman–Crippen LogP) is 7.02. The van der Waals surface area contributed by atoms with Gasteiger partial charge in [0, 0.05) is 29.0 Å². The van der Waals surface area contributed by atoms with E-state index in [-0.39, 0.29) is 29.7 Å². The van der Waals surface area contributed by atoms with Crippen molar-refractivity contribution in [3.05, 3.63) is 129 Å². The summed E-state index contributed by atoms with van der Waals surface area (Å²) < 4.78 is 30.2. The molecule has 7 nitrogen and oxygen atoms in total. The molecule has 1 atom stereocenters. The zero-order valence-electron chi connectivity index (χ0n) is 25.5. The van der Waals surface area contributed by atoms with E-state index in [1.54, 1.807) is 18.2 Å². The van der Waals surface area contributed by atoms with E-state index < -0.39 is 28.5 Å². The SMILES string of the molecule is Cc1cccc(N(CC(=O)N(Cc2ccc(Br)cc2)C(Cc2ccccc2)C(=O)NCC(C)C)S(=O)(=O)c2ccc(Cl)cc2)c1. The van der Waals surface area contributed by atoms with Crippen molar-refractivity contribution < 1.29 is 18.0 Å². The van der Waals surface area contributed by atoms with Gasteiger partial charge in [-0.15, -0.1) is 0 Å². The number of halogens is 2. The van der Waals surface area contributed by atoms with Crippen LogP contribution in [-0.4, -0.2) is 44.3 Å². The van der Waals surface area contributed by atoms with E-state index in [1.165, 1.54) is 29.2 Å². The van der Waals surface area contributed by atoms with Gasteiger partial charge in [0.2, 0.25) is 11.8 Å². The van der Waals surface area contributed by atoms with Crippen LogP contribution in [0.25, 0.3) is 0 Å². The summed E-state index contributed by atoms with van der Waals surface area (Å²) in [5, 5.41) is 3.39. The molecule has 10 heteroatoms. The van der Waals surface area contributed by atoms with Crippen LogP contribution in [0.5, 0.6) is 0 Å². The molecule has 2 amide bonds. The van der Waals surface area contributed by atoms with Gasteiger partial charge in [-0.05, 0) is 78.1 Å². The molecule has 0 spiro atoms. The molecule has 0 aliphatic heterocycles. The van der Waals surface area contributed by atoms with Crippen LogP contribution in [0.2, 0.25) is 5.02 Å². The number of nitrogens with one attached hydrogen (secondary N) is 1. The van der Waals surface area contributed by atoms with Crippen molar-refractivity contribution in [1.82, 2.24) is 10.2 Å². The van der Waals surface area contributed by atoms with Crippen LogP contribution in [-0.2, 0) is 32.6 Å². The minimum Gasteiger partial charge on any atom is -0.354 e. The second kappa shape index (κ2) is 15.6. The van der Waals surface area contributed by atoms with Crippen LogP contribution in [0, 0.1) is 12.8 Å². The molecule has 236 valence electrons. The first-order valence-corrected chi connectivity index (χ1v) is 17.3. The van der Waals surface area contributed by atoms with Crippen LogP contribution in [0.1, 0.15) is 30.5 Å². The zero-order chi connectivity index (χ0) is 32.6. The number of nitrogens with zero attached hydrogens (tertiary/aromatic N) is 2. The Labute approximate surface area is 279 Å². The van der Waals surface area contributed by atoms with Crippen molar-refractivity contribution in [2.24, 2.45) is 5.92 Å². The third-order valence-electron chi connectivity index (χ3n) is 7.19. The normalized spacial score (nSPS) is 12.0. The number of carbonyl (C=O) groups is 2. The molecule has 45 heavy (non-hydrogen) atoms. The van der Waals surface area contributed by atoms with Gasteiger partial charge in [-0.25, -0.2) is 8.42 Å². The number of amides is 2. The number of aryl methyl sites for hydroxylation is 1. The Bertz CT molecular complexity index is 1700. The summed E-state index contributed by atoms with van der Waals surface area (Å²) in [6.07, 6.45) is 0.251. The highest BCUT2D eigenvalue weighted by atomic mass is 79.9. The molecule has 4 aromatic rings. The van der Waals surface area contributed by atoms with Gasteiger partial charge in [-0.2, -0.15) is 0 Å². The lowest BCUT2D eigenvalue weighted by atomic mass is 10.0. The van der Waals surface area contributed by atoms with E-state index in [4.69, 9.17) is 11.6 Å². The second-order valence-electron chi connectivity index (χ2n) is 11.3. The predicted molar refractivity (Wildman–Crippen MR) is 184 cm³/mol. The van der Waals surface area contributed by atoms with E-state index in [9.17, 15) is 18.0 Å². The molecule has 0 aliphatic rings. The molecule has 0 saturated heterocycles. The van der Waals surface area contributed by atoms with Gasteiger partial charge in [0.1, 0.15) is 12.6 Å². The number of hydrogen-bond donors (Lipinski definition) is 1. The van der Waals surface area contributed by atoms with E-state index in [0.717, 1.165) is 25.5 Å². The van der Waals surface area contributed by atoms with Crippen molar-refractivity contribution in [2.75, 3.05) is 17.4 Å². The molecule has 0 bridgehead atoms. The van der Waals surface area contributed by atoms with Crippen molar-refractivity contribution in [3.63, 3.8) is 0 Å². The highest BCUT2D eigenvalue weighted by molar-refractivity contribution is 9.10. The molecule has 0 fully saturated rings. The Morgan fingerprint density at radius 1 is 0.867 bits per heavy atom. The topological polar surface area (TPSA) is 86.8 Å². The number of carbonyl (C=O) groups excluding carboxylic acids is 2. The fourth-order valence-electron chi connectivity index (χ4n) is 4.81. The Morgan fingerprint density at radius 2 is 1.53 bits per heavy atom. The van der Waals surface area contributed by atoms with Gasteiger partial charge in [0.15, 0.2) is 0 Å². The first-order valence-electron chi connectivity index (χ1n) is 14.6. The largest absolute Gasteiger partial charge is 0.354 e. The molecular weight excluding hydrogens is 674 g/mol. The summed E-state index contributed by atoms with van der Waals surface area (Å²) in [7, 11) is -4.20. The number of anilines is 1. The average Bonchev–Trinajstić information content (AvgIpc) is 3.01. The first kappa shape index (κ1) is 34.2. The lowest BCUT2D eigenvalue weighted by Gasteiger charge is -2.34. The van der Waals surface area contributed by atoms with Gasteiger partial charge in [0.25, 0.3) is 10.0 Å². The maximum absolute atomic E-state index is 14.5. The molecule has 0 saturated carbocycles. The lowest BCUT2D eigenvalue weighted by molar-refractivity contribution is -0.140. The highest BCUT2D eigenvalue weighted by Gasteiger charge is 2.34. The van der Waals surface area contributed by atoms with Crippen molar-refractivity contribution >= 4 is 55.1 Å². The number of sulfonamides is 1. The fourth-order valence-corrected chi connectivity index (χ4v) is 6.60. The molecule has 0 heterocycles. The zero-order valence-corrected chi connectivity index (χ0v) is 28.6. The van der Waals surface area contributed by atoms with Crippen LogP contribution in [0.15, 0.2) is 112 Å². The van der Waals surface area contributed by atoms with Gasteiger partial charge >= 0.3 is 0 Å². The molecule has 1 N–H and O–H groups in total. The molecule has 0 radical (unpaired) electrons. The van der Waals surface area contributed by atoms with Gasteiger partial charge in [-0.1, -0.05) is 96.0 Å². The summed E-state index contributed by atoms with van der Waals surface area (Å²) in [5.41, 5.74) is 2.84. The maximum Gasteiger partial charge on any atom is 0.264 e. The summed E-state index contributed by atoms with van der Waals surface area (Å²) in [4.78, 5) is 29.8. The monoisotopic (exact) mass is 709 g/mol. The smallest absolute Gasteiger partial charge is 0.264 e. The van der Waals surface area contributed by atoms with E-state index in [1.807, 2.05) is 81.4 Å². The lowest BCUT2D eigenvalue weighted by Crippen LogP contribution is -2.53. The third-order valence-corrected chi connectivity index (χ3v) is 9.76. The van der Waals surface area contributed by atoms with E-state index >= 15 is 0 Å². The van der Waals surface area contributed by atoms with Crippen LogP contribution < -0.4 is 9.62 Å². The van der Waals surface area contributed by atoms with Crippen molar-refractivity contribution in [1.29, 1.82) is 0 Å². The summed E-state index contributed by atoms with van der Waals surface area (Å²) in [6, 6.07) is 28.9. The highest BCUT2D eigenvalue weighted by Crippen LogP contribution is 2.27. The third kappa shape index (κ3) is 9.42. The van der Waals surface area contributed by atoms with Crippen molar-refractivity contribution in [3.8, 4) is 0 Å². The molecular formula is C35H37BrClN3O4S. The minimum absolute atomic E-state index is 0.00354. The second-order valence-corrected chi connectivity index (χ2v) is 14.5. The molecule has 1 unspecified atom stereocenters. The summed E-state index contributed by atoms with van der Waals surface area (Å²) >= 11 is 9.52. The standard InChI is InChI=1S/C35H37BrClN3O4S/c1-25(2)22-38-35(42)33(21-27-9-5-4-6-10-27)39(23-28-12-14-29(36)15-13-28)34(41)24-40(31-11-7-8-26(3)20-31)45(43,44)32-18-16-30(37)17-19-32/h4-20,25,33H,21-24H2,1-3H3,(H,38,42). The fraction of sp³-hybridized carbons (Fsp3) is 0.257. The van der Waals surface area contributed by atoms with E-state index in [2.05, 4.69) is 21.2 Å². The molecule has 0 aliphatic carbocycles. The molecule has 4 rings (SSSR count). The minimum atomic E-state index is -4.20. The Hall–Kier alpha value is -3.66. The maximum atomic E-state index is 14.5. The van der Waals surface area contributed by atoms with Gasteiger partial charge in [0.05, 0.1) is 10.6 Å². The van der Waals surface area contributed by atoms with E-state index in [0.29, 0.717) is 17.3 Å². The average molecular weight is 711 g/mol. The van der Waals surface area contributed by atoms with Crippen LogP contribution >= 0.6 is 27.5 Å². The number of rotatable bonds is 13. The van der Waals surface area contributed by atoms with Crippen molar-refractivity contribution in [2.45, 2.75) is 44.7 Å².